The molecule has 4 N–H and O–H groups in total. The molecule has 3 atom stereocenters. The second-order valence-corrected chi connectivity index (χ2v) is 6.07. The third kappa shape index (κ3) is 1.56. The van der Waals surface area contributed by atoms with Crippen LogP contribution in [-0.2, 0) is 9.53 Å². The number of nitrogens with two attached hydrogens (primary N) is 1. The monoisotopic (exact) mass is 264 g/mol. The van der Waals surface area contributed by atoms with E-state index in [0.29, 0.717) is 5.69 Å². The highest BCUT2D eigenvalue weighted by atomic mass is 16.5. The van der Waals surface area contributed by atoms with Gasteiger partial charge in [-0.3, -0.25) is 9.89 Å². The second-order valence-electron chi connectivity index (χ2n) is 6.07. The molecule has 0 spiro atoms. The number of ether oxygens (including phenoxy) is 1. The van der Waals surface area contributed by atoms with E-state index in [1.807, 2.05) is 13.8 Å². The third-order valence-corrected chi connectivity index (χ3v) is 4.82. The van der Waals surface area contributed by atoms with Crippen molar-refractivity contribution in [1.82, 2.24) is 10.2 Å². The van der Waals surface area contributed by atoms with Gasteiger partial charge in [0.25, 0.3) is 0 Å². The lowest BCUT2D eigenvalue weighted by atomic mass is 9.46. The molecule has 0 bridgehead atoms. The maximum atomic E-state index is 12.6. The summed E-state index contributed by atoms with van der Waals surface area (Å²) in [5.41, 5.74) is 5.88. The predicted octanol–water partition coefficient (Wildman–Crippen LogP) is 0.881. The standard InChI is InChI=1S/C13H20N4O2/c1-12(2)10-9(4-3-5-19-10)13(12,14)11(18)17-8-6-15-16-7-8/h6-7,9-10H,3-5,14H2,1-2H3,(H,15,16)(H,17,18). The third-order valence-electron chi connectivity index (χ3n) is 4.82. The molecule has 0 radical (unpaired) electrons. The van der Waals surface area contributed by atoms with Gasteiger partial charge in [-0.15, -0.1) is 0 Å². The number of amides is 1. The van der Waals surface area contributed by atoms with Crippen molar-refractivity contribution in [3.8, 4) is 0 Å². The highest BCUT2D eigenvalue weighted by Gasteiger charge is 2.70. The lowest BCUT2D eigenvalue weighted by Gasteiger charge is -2.65. The topological polar surface area (TPSA) is 93.0 Å². The Balaban J connectivity index is 1.83. The van der Waals surface area contributed by atoms with Gasteiger partial charge in [-0.1, -0.05) is 13.8 Å². The van der Waals surface area contributed by atoms with Crippen molar-refractivity contribution < 1.29 is 9.53 Å². The molecular weight excluding hydrogens is 244 g/mol. The minimum Gasteiger partial charge on any atom is -0.377 e. The Morgan fingerprint density at radius 2 is 2.42 bits per heavy atom. The zero-order valence-corrected chi connectivity index (χ0v) is 11.3. The molecule has 2 fully saturated rings. The van der Waals surface area contributed by atoms with Gasteiger partial charge in [0.2, 0.25) is 5.91 Å². The second kappa shape index (κ2) is 4.05. The Kier molecular flexibility index (Phi) is 2.69. The van der Waals surface area contributed by atoms with Crippen LogP contribution in [0, 0.1) is 11.3 Å². The summed E-state index contributed by atoms with van der Waals surface area (Å²) in [6.07, 6.45) is 5.21. The molecule has 2 heterocycles. The van der Waals surface area contributed by atoms with Crippen molar-refractivity contribution in [2.24, 2.45) is 17.1 Å². The number of nitrogens with zero attached hydrogens (tertiary/aromatic N) is 1. The number of fused-ring (bicyclic) bond motifs is 1. The number of hydrogen-bond donors (Lipinski definition) is 3. The Morgan fingerprint density at radius 3 is 3.11 bits per heavy atom. The minimum atomic E-state index is -0.880. The normalized spacial score (nSPS) is 36.2. The fourth-order valence-corrected chi connectivity index (χ4v) is 3.59. The summed E-state index contributed by atoms with van der Waals surface area (Å²) in [7, 11) is 0. The average Bonchev–Trinajstić information content (AvgIpc) is 2.90. The molecule has 1 aromatic heterocycles. The molecule has 1 aliphatic carbocycles. The number of anilines is 1. The number of hydrogen-bond acceptors (Lipinski definition) is 4. The van der Waals surface area contributed by atoms with Crippen LogP contribution in [0.2, 0.25) is 0 Å². The van der Waals surface area contributed by atoms with Gasteiger partial charge in [-0.2, -0.15) is 5.10 Å². The summed E-state index contributed by atoms with van der Waals surface area (Å²) in [5, 5.41) is 9.32. The van der Waals surface area contributed by atoms with Crippen LogP contribution >= 0.6 is 0 Å². The molecule has 3 unspecified atom stereocenters. The van der Waals surface area contributed by atoms with Gasteiger partial charge < -0.3 is 15.8 Å². The van der Waals surface area contributed by atoms with Crippen molar-refractivity contribution in [3.05, 3.63) is 12.4 Å². The Hall–Kier alpha value is -1.40. The van der Waals surface area contributed by atoms with Crippen molar-refractivity contribution in [3.63, 3.8) is 0 Å². The first-order chi connectivity index (χ1) is 8.98. The molecular formula is C13H20N4O2. The van der Waals surface area contributed by atoms with Crippen molar-refractivity contribution in [2.75, 3.05) is 11.9 Å². The van der Waals surface area contributed by atoms with Crippen molar-refractivity contribution in [1.29, 1.82) is 0 Å². The Morgan fingerprint density at radius 1 is 1.63 bits per heavy atom. The number of aromatic nitrogens is 2. The largest absolute Gasteiger partial charge is 0.377 e. The van der Waals surface area contributed by atoms with E-state index in [1.165, 1.54) is 0 Å². The van der Waals surface area contributed by atoms with E-state index in [9.17, 15) is 4.79 Å². The first kappa shape index (κ1) is 12.6. The van der Waals surface area contributed by atoms with E-state index >= 15 is 0 Å². The van der Waals surface area contributed by atoms with Gasteiger partial charge in [0.15, 0.2) is 0 Å². The summed E-state index contributed by atoms with van der Waals surface area (Å²) >= 11 is 0. The molecule has 6 heteroatoms. The van der Waals surface area contributed by atoms with Crippen LogP contribution < -0.4 is 11.1 Å². The summed E-state index contributed by atoms with van der Waals surface area (Å²) < 4.78 is 5.79. The maximum absolute atomic E-state index is 12.6. The molecule has 3 rings (SSSR count). The van der Waals surface area contributed by atoms with Crippen LogP contribution in [0.15, 0.2) is 12.4 Å². The number of carbonyl (C=O) groups is 1. The molecule has 19 heavy (non-hydrogen) atoms. The highest BCUT2D eigenvalue weighted by molar-refractivity contribution is 6.00. The van der Waals surface area contributed by atoms with Crippen molar-refractivity contribution in [2.45, 2.75) is 38.3 Å². The lowest BCUT2D eigenvalue weighted by Crippen LogP contribution is -2.81. The van der Waals surface area contributed by atoms with Crippen LogP contribution in [0.1, 0.15) is 26.7 Å². The number of H-pyrrole nitrogens is 1. The number of carbonyl (C=O) groups excluding carboxylic acids is 1. The van der Waals surface area contributed by atoms with E-state index in [1.54, 1.807) is 12.4 Å². The molecule has 0 aromatic carbocycles. The number of rotatable bonds is 2. The summed E-state index contributed by atoms with van der Waals surface area (Å²) in [5.74, 6) is -0.0474. The van der Waals surface area contributed by atoms with E-state index < -0.39 is 5.54 Å². The molecule has 1 saturated carbocycles. The molecule has 6 nitrogen and oxygen atoms in total. The van der Waals surface area contributed by atoms with Gasteiger partial charge in [0, 0.05) is 24.1 Å². The predicted molar refractivity (Wildman–Crippen MR) is 70.4 cm³/mol. The maximum Gasteiger partial charge on any atom is 0.245 e. The Bertz CT molecular complexity index is 485. The van der Waals surface area contributed by atoms with E-state index in [4.69, 9.17) is 10.5 Å². The summed E-state index contributed by atoms with van der Waals surface area (Å²) in [6, 6.07) is 0. The molecule has 1 saturated heterocycles. The molecule has 1 amide bonds. The average molecular weight is 264 g/mol. The van der Waals surface area contributed by atoms with Gasteiger partial charge in [-0.25, -0.2) is 0 Å². The van der Waals surface area contributed by atoms with Gasteiger partial charge in [0.05, 0.1) is 18.0 Å². The highest BCUT2D eigenvalue weighted by Crippen LogP contribution is 2.57. The molecule has 104 valence electrons. The smallest absolute Gasteiger partial charge is 0.245 e. The van der Waals surface area contributed by atoms with E-state index in [-0.39, 0.29) is 23.3 Å². The van der Waals surface area contributed by atoms with Crippen LogP contribution in [0.3, 0.4) is 0 Å². The first-order valence-corrected chi connectivity index (χ1v) is 6.68. The first-order valence-electron chi connectivity index (χ1n) is 6.68. The van der Waals surface area contributed by atoms with Gasteiger partial charge in [-0.05, 0) is 12.8 Å². The zero-order valence-electron chi connectivity index (χ0n) is 11.3. The van der Waals surface area contributed by atoms with Crippen LogP contribution in [0.5, 0.6) is 0 Å². The summed E-state index contributed by atoms with van der Waals surface area (Å²) in [4.78, 5) is 12.6. The van der Waals surface area contributed by atoms with Crippen LogP contribution in [0.25, 0.3) is 0 Å². The van der Waals surface area contributed by atoms with Gasteiger partial charge in [0.1, 0.15) is 5.54 Å². The van der Waals surface area contributed by atoms with E-state index in [2.05, 4.69) is 15.5 Å². The molecule has 2 aliphatic rings. The minimum absolute atomic E-state index is 0.0846. The number of nitrogens with one attached hydrogen (secondary N) is 2. The fourth-order valence-electron chi connectivity index (χ4n) is 3.59. The Labute approximate surface area is 112 Å². The van der Waals surface area contributed by atoms with E-state index in [0.717, 1.165) is 19.4 Å². The SMILES string of the molecule is CC1(C)C2OCCCC2C1(N)C(=O)Nc1cn[nH]c1. The molecule has 1 aromatic rings. The zero-order chi connectivity index (χ0) is 13.7. The van der Waals surface area contributed by atoms with Crippen molar-refractivity contribution >= 4 is 11.6 Å². The molecule has 1 aliphatic heterocycles. The van der Waals surface area contributed by atoms with Crippen LogP contribution in [-0.4, -0.2) is 34.4 Å². The number of aromatic amines is 1. The van der Waals surface area contributed by atoms with Gasteiger partial charge >= 0.3 is 0 Å². The van der Waals surface area contributed by atoms with Crippen LogP contribution in [0.4, 0.5) is 5.69 Å². The fraction of sp³-hybridized carbons (Fsp3) is 0.692. The quantitative estimate of drug-likeness (QED) is 0.739. The summed E-state index contributed by atoms with van der Waals surface area (Å²) in [6.45, 7) is 4.78. The lowest BCUT2D eigenvalue weighted by molar-refractivity contribution is -0.222.